The molecule has 6 rings (SSSR count). The Morgan fingerprint density at radius 3 is 2.75 bits per heavy atom. The number of rotatable bonds is 9. The van der Waals surface area contributed by atoms with Gasteiger partial charge in [0.05, 0.1) is 12.8 Å². The van der Waals surface area contributed by atoms with Gasteiger partial charge in [0.25, 0.3) is 5.91 Å². The lowest BCUT2D eigenvalue weighted by Crippen LogP contribution is -2.22. The highest BCUT2D eigenvalue weighted by Crippen LogP contribution is 2.34. The highest BCUT2D eigenvalue weighted by Gasteiger charge is 2.19. The minimum absolute atomic E-state index is 0.152. The van der Waals surface area contributed by atoms with E-state index in [2.05, 4.69) is 20.5 Å². The van der Waals surface area contributed by atoms with Crippen LogP contribution in [0.15, 0.2) is 96.4 Å². The maximum atomic E-state index is 12.9. The summed E-state index contributed by atoms with van der Waals surface area (Å²) >= 11 is 1.53. The van der Waals surface area contributed by atoms with Gasteiger partial charge in [-0.2, -0.15) is 0 Å². The molecule has 0 saturated heterocycles. The number of benzene rings is 3. The summed E-state index contributed by atoms with van der Waals surface area (Å²) < 4.78 is 18.4. The van der Waals surface area contributed by atoms with E-state index in [1.807, 2.05) is 77.4 Å². The predicted octanol–water partition coefficient (Wildman–Crippen LogP) is 5.29. The number of para-hydroxylation sites is 2. The van der Waals surface area contributed by atoms with Crippen LogP contribution in [0.2, 0.25) is 0 Å². The Kier molecular flexibility index (Phi) is 7.32. The van der Waals surface area contributed by atoms with Crippen molar-refractivity contribution in [2.45, 2.75) is 17.5 Å². The molecular formula is C30H25N5O4S. The average Bonchev–Trinajstić information content (AvgIpc) is 3.66. The van der Waals surface area contributed by atoms with E-state index in [-0.39, 0.29) is 12.7 Å². The summed E-state index contributed by atoms with van der Waals surface area (Å²) in [5.41, 5.74) is 4.17. The SMILES string of the molecule is COc1ccccc1-n1c(SCc2cccc(C(=O)NCc3ccc4c(c3)OCO4)c2)nnc1-c1cccnc1. The van der Waals surface area contributed by atoms with Gasteiger partial charge in [0.15, 0.2) is 22.5 Å². The molecule has 2 aromatic heterocycles. The van der Waals surface area contributed by atoms with Crippen LogP contribution >= 0.6 is 11.8 Å². The third kappa shape index (κ3) is 5.34. The zero-order valence-corrected chi connectivity index (χ0v) is 22.4. The first-order valence-electron chi connectivity index (χ1n) is 12.6. The third-order valence-electron chi connectivity index (χ3n) is 6.33. The Labute approximate surface area is 235 Å². The first-order valence-corrected chi connectivity index (χ1v) is 13.6. The van der Waals surface area contributed by atoms with Gasteiger partial charge in [0.1, 0.15) is 5.75 Å². The summed E-state index contributed by atoms with van der Waals surface area (Å²) in [5, 5.41) is 12.7. The molecule has 0 aliphatic carbocycles. The predicted molar refractivity (Wildman–Crippen MR) is 151 cm³/mol. The Balaban J connectivity index is 1.19. The summed E-state index contributed by atoms with van der Waals surface area (Å²) in [7, 11) is 1.64. The molecule has 10 heteroatoms. The quantitative estimate of drug-likeness (QED) is 0.247. The molecule has 3 aromatic carbocycles. The monoisotopic (exact) mass is 551 g/mol. The number of amides is 1. The van der Waals surface area contributed by atoms with Crippen LogP contribution in [0.1, 0.15) is 21.5 Å². The van der Waals surface area contributed by atoms with Gasteiger partial charge in [-0.1, -0.05) is 42.1 Å². The zero-order chi connectivity index (χ0) is 27.3. The van der Waals surface area contributed by atoms with Crippen molar-refractivity contribution in [2.24, 2.45) is 0 Å². The number of fused-ring (bicyclic) bond motifs is 1. The maximum absolute atomic E-state index is 12.9. The molecule has 0 spiro atoms. The van der Waals surface area contributed by atoms with Crippen molar-refractivity contribution >= 4 is 17.7 Å². The number of thioether (sulfide) groups is 1. The van der Waals surface area contributed by atoms with E-state index >= 15 is 0 Å². The molecule has 3 heterocycles. The van der Waals surface area contributed by atoms with E-state index < -0.39 is 0 Å². The van der Waals surface area contributed by atoms with Gasteiger partial charge >= 0.3 is 0 Å². The van der Waals surface area contributed by atoms with Crippen molar-refractivity contribution < 1.29 is 19.0 Å². The molecule has 5 aromatic rings. The van der Waals surface area contributed by atoms with E-state index in [0.717, 1.165) is 28.1 Å². The van der Waals surface area contributed by atoms with E-state index in [1.165, 1.54) is 11.8 Å². The number of nitrogens with zero attached hydrogens (tertiary/aromatic N) is 4. The maximum Gasteiger partial charge on any atom is 0.251 e. The highest BCUT2D eigenvalue weighted by atomic mass is 32.2. The first kappa shape index (κ1) is 25.4. The van der Waals surface area contributed by atoms with Crippen molar-refractivity contribution in [3.8, 4) is 34.3 Å². The van der Waals surface area contributed by atoms with Crippen LogP contribution in [0.5, 0.6) is 17.2 Å². The summed E-state index contributed by atoms with van der Waals surface area (Å²) in [4.78, 5) is 17.2. The Hall–Kier alpha value is -4.83. The van der Waals surface area contributed by atoms with Gasteiger partial charge in [-0.05, 0) is 59.7 Å². The van der Waals surface area contributed by atoms with Crippen LogP contribution < -0.4 is 19.5 Å². The number of hydrogen-bond donors (Lipinski definition) is 1. The molecule has 1 amide bonds. The molecule has 0 bridgehead atoms. The van der Waals surface area contributed by atoms with Crippen LogP contribution in [-0.2, 0) is 12.3 Å². The zero-order valence-electron chi connectivity index (χ0n) is 21.6. The summed E-state index contributed by atoms with van der Waals surface area (Å²) in [6, 6.07) is 24.8. The van der Waals surface area contributed by atoms with Gasteiger partial charge in [-0.3, -0.25) is 14.3 Å². The molecule has 0 radical (unpaired) electrons. The van der Waals surface area contributed by atoms with Crippen molar-refractivity contribution in [2.75, 3.05) is 13.9 Å². The molecular weight excluding hydrogens is 526 g/mol. The molecule has 1 aliphatic rings. The summed E-state index contributed by atoms with van der Waals surface area (Å²) in [5.74, 6) is 3.21. The molecule has 9 nitrogen and oxygen atoms in total. The number of nitrogens with one attached hydrogen (secondary N) is 1. The number of carbonyl (C=O) groups excluding carboxylic acids is 1. The van der Waals surface area contributed by atoms with Crippen LogP contribution in [0.3, 0.4) is 0 Å². The van der Waals surface area contributed by atoms with Crippen molar-refractivity contribution in [1.29, 1.82) is 0 Å². The van der Waals surface area contributed by atoms with Gasteiger partial charge in [0.2, 0.25) is 6.79 Å². The smallest absolute Gasteiger partial charge is 0.251 e. The van der Waals surface area contributed by atoms with Gasteiger partial charge in [0, 0.05) is 35.8 Å². The number of ether oxygens (including phenoxy) is 3. The average molecular weight is 552 g/mol. The molecule has 1 aliphatic heterocycles. The van der Waals surface area contributed by atoms with Gasteiger partial charge < -0.3 is 19.5 Å². The lowest BCUT2D eigenvalue weighted by atomic mass is 10.1. The summed E-state index contributed by atoms with van der Waals surface area (Å²) in [6.07, 6.45) is 3.48. The van der Waals surface area contributed by atoms with Gasteiger partial charge in [-0.25, -0.2) is 0 Å². The molecule has 200 valence electrons. The van der Waals surface area contributed by atoms with Crippen molar-refractivity contribution in [3.63, 3.8) is 0 Å². The van der Waals surface area contributed by atoms with E-state index in [1.54, 1.807) is 25.6 Å². The number of methoxy groups -OCH3 is 1. The van der Waals surface area contributed by atoms with Crippen LogP contribution in [-0.4, -0.2) is 39.6 Å². The fraction of sp³-hybridized carbons (Fsp3) is 0.133. The second-order valence-electron chi connectivity index (χ2n) is 8.91. The lowest BCUT2D eigenvalue weighted by molar-refractivity contribution is 0.0950. The van der Waals surface area contributed by atoms with Gasteiger partial charge in [-0.15, -0.1) is 10.2 Å². The molecule has 0 atom stereocenters. The largest absolute Gasteiger partial charge is 0.495 e. The number of hydrogen-bond acceptors (Lipinski definition) is 8. The lowest BCUT2D eigenvalue weighted by Gasteiger charge is -2.14. The molecule has 0 saturated carbocycles. The molecule has 0 fully saturated rings. The van der Waals surface area contributed by atoms with Crippen molar-refractivity contribution in [3.05, 3.63) is 108 Å². The van der Waals surface area contributed by atoms with E-state index in [0.29, 0.717) is 40.3 Å². The second kappa shape index (κ2) is 11.5. The van der Waals surface area contributed by atoms with Crippen LogP contribution in [0.25, 0.3) is 17.1 Å². The fourth-order valence-corrected chi connectivity index (χ4v) is 5.25. The first-order chi connectivity index (χ1) is 19.7. The molecule has 1 N–H and O–H groups in total. The minimum Gasteiger partial charge on any atom is -0.495 e. The molecule has 0 unspecified atom stereocenters. The van der Waals surface area contributed by atoms with E-state index in [4.69, 9.17) is 14.2 Å². The Morgan fingerprint density at radius 2 is 1.88 bits per heavy atom. The van der Waals surface area contributed by atoms with E-state index in [9.17, 15) is 4.79 Å². The number of aromatic nitrogens is 4. The Bertz CT molecular complexity index is 1660. The standard InChI is InChI=1S/C30H25N5O4S/c1-37-25-10-3-2-9-24(25)35-28(23-8-5-13-31-17-23)33-34-30(35)40-18-21-6-4-7-22(14-21)29(36)32-16-20-11-12-26-27(15-20)39-19-38-26/h2-15,17H,16,18-19H2,1H3,(H,32,36). The topological polar surface area (TPSA) is 100 Å². The number of carbonyl (C=O) groups is 1. The van der Waals surface area contributed by atoms with Crippen LogP contribution in [0.4, 0.5) is 0 Å². The number of pyridine rings is 1. The molecule has 40 heavy (non-hydrogen) atoms. The normalized spacial score (nSPS) is 11.8. The van der Waals surface area contributed by atoms with Crippen LogP contribution in [0, 0.1) is 0 Å². The second-order valence-corrected chi connectivity index (χ2v) is 9.86. The highest BCUT2D eigenvalue weighted by molar-refractivity contribution is 7.98. The Morgan fingerprint density at radius 1 is 0.975 bits per heavy atom. The minimum atomic E-state index is -0.152. The summed E-state index contributed by atoms with van der Waals surface area (Å²) in [6.45, 7) is 0.601. The fourth-order valence-electron chi connectivity index (χ4n) is 4.36. The third-order valence-corrected chi connectivity index (χ3v) is 7.33. The van der Waals surface area contributed by atoms with Crippen molar-refractivity contribution in [1.82, 2.24) is 25.1 Å².